The van der Waals surface area contributed by atoms with Crippen LogP contribution in [0.15, 0.2) is 24.4 Å². The summed E-state index contributed by atoms with van der Waals surface area (Å²) in [5, 5.41) is 18.4. The Kier molecular flexibility index (Phi) is 4.79. The third kappa shape index (κ3) is 3.82. The summed E-state index contributed by atoms with van der Waals surface area (Å²) in [6, 6.07) is 4.08. The first-order valence-corrected chi connectivity index (χ1v) is 8.52. The third-order valence-electron chi connectivity index (χ3n) is 4.42. The van der Waals surface area contributed by atoms with Gasteiger partial charge in [0.05, 0.1) is 17.8 Å². The van der Waals surface area contributed by atoms with Gasteiger partial charge in [-0.1, -0.05) is 16.8 Å². The zero-order valence-corrected chi connectivity index (χ0v) is 14.9. The van der Waals surface area contributed by atoms with E-state index in [0.717, 1.165) is 0 Å². The maximum atomic E-state index is 13.9. The van der Waals surface area contributed by atoms with Crippen molar-refractivity contribution in [3.05, 3.63) is 46.5 Å². The van der Waals surface area contributed by atoms with Crippen molar-refractivity contribution in [2.24, 2.45) is 0 Å². The number of carbonyl (C=O) groups is 1. The minimum Gasteiger partial charge on any atom is -0.384 e. The molecule has 6 nitrogen and oxygen atoms in total. The van der Waals surface area contributed by atoms with E-state index in [1.54, 1.807) is 29.6 Å². The van der Waals surface area contributed by atoms with E-state index in [0.29, 0.717) is 36.6 Å². The molecular weight excluding hydrogens is 347 g/mol. The van der Waals surface area contributed by atoms with Gasteiger partial charge in [0.25, 0.3) is 5.91 Å². The lowest BCUT2D eigenvalue weighted by Crippen LogP contribution is -2.39. The lowest BCUT2D eigenvalue weighted by molar-refractivity contribution is 0.0684. The van der Waals surface area contributed by atoms with Gasteiger partial charge in [-0.15, -0.1) is 5.10 Å². The lowest BCUT2D eigenvalue weighted by Gasteiger charge is -2.32. The molecule has 0 bridgehead atoms. The summed E-state index contributed by atoms with van der Waals surface area (Å²) in [5.74, 6) is -0.920. The van der Waals surface area contributed by atoms with E-state index in [1.807, 2.05) is 0 Å². The molecule has 0 unspecified atom stereocenters. The number of halogens is 2. The van der Waals surface area contributed by atoms with Crippen LogP contribution < -0.4 is 0 Å². The molecule has 1 aliphatic rings. The highest BCUT2D eigenvalue weighted by Crippen LogP contribution is 2.26. The second kappa shape index (κ2) is 6.72. The molecule has 1 aliphatic heterocycles. The first-order valence-electron chi connectivity index (χ1n) is 8.14. The van der Waals surface area contributed by atoms with Crippen LogP contribution in [0.2, 0.25) is 5.02 Å². The molecule has 134 valence electrons. The molecule has 1 saturated heterocycles. The summed E-state index contributed by atoms with van der Waals surface area (Å²) >= 11 is 5.87. The van der Waals surface area contributed by atoms with Crippen LogP contribution in [0.5, 0.6) is 0 Å². The van der Waals surface area contributed by atoms with Gasteiger partial charge in [-0.3, -0.25) is 4.79 Å². The van der Waals surface area contributed by atoms with Crippen molar-refractivity contribution in [3.8, 4) is 0 Å². The Labute approximate surface area is 150 Å². The summed E-state index contributed by atoms with van der Waals surface area (Å²) in [4.78, 5) is 14.1. The van der Waals surface area contributed by atoms with Crippen molar-refractivity contribution >= 4 is 17.5 Å². The molecule has 1 aromatic heterocycles. The molecule has 2 heterocycles. The minimum absolute atomic E-state index is 0.00368. The van der Waals surface area contributed by atoms with Crippen LogP contribution in [0, 0.1) is 5.82 Å². The molecule has 0 atom stereocenters. The van der Waals surface area contributed by atoms with Crippen LogP contribution in [0.3, 0.4) is 0 Å². The molecule has 1 fully saturated rings. The molecule has 2 aromatic rings. The molecular formula is C17H20ClFN4O2. The second-order valence-electron chi connectivity index (χ2n) is 6.79. The van der Waals surface area contributed by atoms with Gasteiger partial charge in [0.1, 0.15) is 17.1 Å². The molecule has 1 aromatic carbocycles. The normalized spacial score (nSPS) is 16.3. The largest absolute Gasteiger partial charge is 0.384 e. The topological polar surface area (TPSA) is 71.2 Å². The smallest absolute Gasteiger partial charge is 0.256 e. The first-order chi connectivity index (χ1) is 11.8. The number of benzene rings is 1. The number of hydrogen-bond acceptors (Lipinski definition) is 4. The predicted octanol–water partition coefficient (Wildman–Crippen LogP) is 2.78. The average Bonchev–Trinajstić information content (AvgIpc) is 3.07. The molecule has 1 N–H and O–H groups in total. The van der Waals surface area contributed by atoms with E-state index < -0.39 is 11.4 Å². The molecule has 8 heteroatoms. The Morgan fingerprint density at radius 2 is 2.04 bits per heavy atom. The molecule has 0 radical (unpaired) electrons. The van der Waals surface area contributed by atoms with Crippen molar-refractivity contribution < 1.29 is 14.3 Å². The lowest BCUT2D eigenvalue weighted by atomic mass is 10.0. The average molecular weight is 367 g/mol. The summed E-state index contributed by atoms with van der Waals surface area (Å²) in [5.41, 5.74) is -0.540. The van der Waals surface area contributed by atoms with E-state index in [9.17, 15) is 14.3 Å². The Morgan fingerprint density at radius 3 is 2.64 bits per heavy atom. The number of rotatable bonds is 3. The van der Waals surface area contributed by atoms with Gasteiger partial charge in [-0.2, -0.15) is 0 Å². The first kappa shape index (κ1) is 17.8. The highest BCUT2D eigenvalue weighted by molar-refractivity contribution is 6.31. The van der Waals surface area contributed by atoms with E-state index in [2.05, 4.69) is 10.3 Å². The second-order valence-corrected chi connectivity index (χ2v) is 7.23. The number of nitrogens with zero attached hydrogens (tertiary/aromatic N) is 4. The van der Waals surface area contributed by atoms with Crippen molar-refractivity contribution in [1.82, 2.24) is 19.9 Å². The SMILES string of the molecule is CC(C)(O)c1cn(C2CCN(C(=O)c3cc(Cl)ccc3F)CC2)nn1. The Morgan fingerprint density at radius 1 is 1.36 bits per heavy atom. The molecule has 3 rings (SSSR count). The molecule has 0 spiro atoms. The third-order valence-corrected chi connectivity index (χ3v) is 4.66. The molecule has 0 aliphatic carbocycles. The van der Waals surface area contributed by atoms with E-state index in [-0.39, 0.29) is 17.5 Å². The number of aliphatic hydroxyl groups is 1. The number of aromatic nitrogens is 3. The Balaban J connectivity index is 1.66. The van der Waals surface area contributed by atoms with Gasteiger partial charge >= 0.3 is 0 Å². The number of piperidine rings is 1. The Bertz CT molecular complexity index is 779. The minimum atomic E-state index is -1.04. The van der Waals surface area contributed by atoms with Crippen molar-refractivity contribution in [1.29, 1.82) is 0 Å². The molecule has 1 amide bonds. The van der Waals surface area contributed by atoms with Crippen molar-refractivity contribution in [2.45, 2.75) is 38.3 Å². The zero-order chi connectivity index (χ0) is 18.2. The van der Waals surface area contributed by atoms with E-state index >= 15 is 0 Å². The highest BCUT2D eigenvalue weighted by atomic mass is 35.5. The quantitative estimate of drug-likeness (QED) is 0.906. The van der Waals surface area contributed by atoms with Crippen LogP contribution in [-0.4, -0.2) is 44.0 Å². The number of carbonyl (C=O) groups excluding carboxylic acids is 1. The van der Waals surface area contributed by atoms with Gasteiger partial charge in [0.15, 0.2) is 0 Å². The maximum absolute atomic E-state index is 13.9. The highest BCUT2D eigenvalue weighted by Gasteiger charge is 2.28. The Hall–Kier alpha value is -1.99. The standard InChI is InChI=1S/C17H20ClFN4O2/c1-17(2,25)15-10-23(21-20-15)12-5-7-22(8-6-12)16(24)13-9-11(18)3-4-14(13)19/h3-4,9-10,12,25H,5-8H2,1-2H3. The molecule has 25 heavy (non-hydrogen) atoms. The van der Waals surface area contributed by atoms with Crippen LogP contribution in [-0.2, 0) is 5.60 Å². The van der Waals surface area contributed by atoms with Gasteiger partial charge in [0.2, 0.25) is 0 Å². The predicted molar refractivity (Wildman–Crippen MR) is 90.9 cm³/mol. The van der Waals surface area contributed by atoms with Crippen molar-refractivity contribution in [3.63, 3.8) is 0 Å². The summed E-state index contributed by atoms with van der Waals surface area (Å²) in [7, 11) is 0. The summed E-state index contributed by atoms with van der Waals surface area (Å²) in [6.45, 7) is 4.30. The zero-order valence-electron chi connectivity index (χ0n) is 14.1. The van der Waals surface area contributed by atoms with Gasteiger partial charge in [-0.05, 0) is 44.9 Å². The van der Waals surface area contributed by atoms with Gasteiger partial charge < -0.3 is 10.0 Å². The monoisotopic (exact) mass is 366 g/mol. The van der Waals surface area contributed by atoms with Crippen LogP contribution >= 0.6 is 11.6 Å². The van der Waals surface area contributed by atoms with E-state index in [1.165, 1.54) is 18.2 Å². The van der Waals surface area contributed by atoms with Crippen LogP contribution in [0.25, 0.3) is 0 Å². The number of amides is 1. The summed E-state index contributed by atoms with van der Waals surface area (Å²) < 4.78 is 15.6. The summed E-state index contributed by atoms with van der Waals surface area (Å²) in [6.07, 6.45) is 3.10. The molecule has 0 saturated carbocycles. The van der Waals surface area contributed by atoms with E-state index in [4.69, 9.17) is 11.6 Å². The van der Waals surface area contributed by atoms with Gasteiger partial charge in [-0.25, -0.2) is 9.07 Å². The van der Waals surface area contributed by atoms with Crippen LogP contribution in [0.1, 0.15) is 48.8 Å². The van der Waals surface area contributed by atoms with Gasteiger partial charge in [0, 0.05) is 18.1 Å². The number of likely N-dealkylation sites (tertiary alicyclic amines) is 1. The maximum Gasteiger partial charge on any atom is 0.256 e. The number of hydrogen-bond donors (Lipinski definition) is 1. The van der Waals surface area contributed by atoms with Crippen molar-refractivity contribution in [2.75, 3.05) is 13.1 Å². The fraction of sp³-hybridized carbons (Fsp3) is 0.471. The van der Waals surface area contributed by atoms with Crippen LogP contribution in [0.4, 0.5) is 4.39 Å². The fourth-order valence-electron chi connectivity index (χ4n) is 2.90. The fourth-order valence-corrected chi connectivity index (χ4v) is 3.07.